The maximum Gasteiger partial charge on any atom is 0.326 e. The Kier molecular flexibility index (Phi) is 27.3. The molecule has 0 radical (unpaired) electrons. The number of carbonyl (C=O) groups excluding carboxylic acids is 8. The van der Waals surface area contributed by atoms with Crippen LogP contribution in [0, 0.1) is 0 Å². The first-order chi connectivity index (χ1) is 36.8. The normalized spacial score (nSPS) is 19.0. The quantitative estimate of drug-likeness (QED) is 0.0467. The smallest absolute Gasteiger partial charge is 0.326 e. The van der Waals surface area contributed by atoms with Gasteiger partial charge in [0.15, 0.2) is 11.9 Å². The van der Waals surface area contributed by atoms with Crippen molar-refractivity contribution in [2.75, 3.05) is 32.7 Å². The number of aliphatic imine (C=N–C) groups is 2. The van der Waals surface area contributed by atoms with Crippen molar-refractivity contribution in [3.63, 3.8) is 0 Å². The number of hydrogen-bond donors (Lipinski definition) is 15. The van der Waals surface area contributed by atoms with Crippen LogP contribution < -0.4 is 65.5 Å². The number of imidazole rings is 1. The van der Waals surface area contributed by atoms with Gasteiger partial charge in [-0.05, 0) is 49.3 Å². The average Bonchev–Trinajstić information content (AvgIpc) is 4.08. The Labute approximate surface area is 445 Å². The van der Waals surface area contributed by atoms with Gasteiger partial charge in [0.2, 0.25) is 47.3 Å². The minimum Gasteiger partial charge on any atom is -0.480 e. The number of carbonyl (C=O) groups is 9. The molecular formula is C50H73N17O10. The molecule has 0 saturated carbocycles. The van der Waals surface area contributed by atoms with Crippen LogP contribution in [0.3, 0.4) is 0 Å². The summed E-state index contributed by atoms with van der Waals surface area (Å²) < 4.78 is 0. The van der Waals surface area contributed by atoms with Crippen LogP contribution in [-0.4, -0.2) is 148 Å². The third kappa shape index (κ3) is 24.2. The van der Waals surface area contributed by atoms with Crippen molar-refractivity contribution in [2.45, 2.75) is 109 Å². The van der Waals surface area contributed by atoms with Crippen LogP contribution in [0.25, 0.3) is 10.9 Å². The predicted molar refractivity (Wildman–Crippen MR) is 287 cm³/mol. The van der Waals surface area contributed by atoms with Gasteiger partial charge in [0, 0.05) is 81.2 Å². The Morgan fingerprint density at radius 1 is 0.714 bits per heavy atom. The highest BCUT2D eigenvalue weighted by atomic mass is 16.4. The first-order valence-electron chi connectivity index (χ1n) is 25.0. The second kappa shape index (κ2) is 33.7. The number of aromatic nitrogens is 3. The molecule has 19 N–H and O–H groups in total. The first kappa shape index (κ1) is 62.3. The number of nitrogens with one attached hydrogen (secondary N) is 10. The summed E-state index contributed by atoms with van der Waals surface area (Å²) in [5.41, 5.74) is 22.5. The number of H-pyrrole nitrogens is 2. The van der Waals surface area contributed by atoms with Gasteiger partial charge in [-0.25, -0.2) is 9.78 Å². The summed E-state index contributed by atoms with van der Waals surface area (Å²) in [6.45, 7) is 5.57. The molecule has 5 atom stereocenters. The Morgan fingerprint density at radius 2 is 1.34 bits per heavy atom. The predicted octanol–water partition coefficient (Wildman–Crippen LogP) is -2.29. The Bertz CT molecular complexity index is 2600. The van der Waals surface area contributed by atoms with Gasteiger partial charge in [0.1, 0.15) is 30.2 Å². The molecular weight excluding hydrogens is 999 g/mol. The van der Waals surface area contributed by atoms with Crippen LogP contribution >= 0.6 is 0 Å². The van der Waals surface area contributed by atoms with Crippen LogP contribution in [0.1, 0.15) is 76.1 Å². The van der Waals surface area contributed by atoms with Crippen molar-refractivity contribution in [2.24, 2.45) is 32.9 Å². The van der Waals surface area contributed by atoms with Crippen LogP contribution in [0.5, 0.6) is 0 Å². The van der Waals surface area contributed by atoms with Gasteiger partial charge in [-0.15, -0.1) is 0 Å². The SMILES string of the molecule is CC(=O)NCC(=O)NC1CCC(=O)NCCCC(C(=O)O)NC(=O)[C@H](Cc2c[nH]c3ccccc23)NC(=O)CNC(=O)C(Cc2ccccc2)NC(=O)[C@H](Cc2cnc[nH]2)NC1=O.CCCN=C(N)N.CCCN=C(N)N. The zero-order valence-electron chi connectivity index (χ0n) is 43.5. The van der Waals surface area contributed by atoms with Crippen molar-refractivity contribution < 1.29 is 48.3 Å². The lowest BCUT2D eigenvalue weighted by molar-refractivity contribution is -0.142. The molecule has 1 aliphatic heterocycles. The minimum atomic E-state index is -1.41. The molecule has 418 valence electrons. The van der Waals surface area contributed by atoms with E-state index in [4.69, 9.17) is 22.9 Å². The molecule has 27 heteroatoms. The van der Waals surface area contributed by atoms with Gasteiger partial charge in [0.25, 0.3) is 0 Å². The molecule has 77 heavy (non-hydrogen) atoms. The Morgan fingerprint density at radius 3 is 1.95 bits per heavy atom. The zero-order chi connectivity index (χ0) is 56.7. The number of guanidine groups is 2. The van der Waals surface area contributed by atoms with E-state index < -0.39 is 96.5 Å². The van der Waals surface area contributed by atoms with Gasteiger partial charge in [-0.2, -0.15) is 0 Å². The number of carboxylic acid groups (broad SMARTS) is 1. The molecule has 2 aromatic heterocycles. The first-order valence-corrected chi connectivity index (χ1v) is 25.0. The van der Waals surface area contributed by atoms with Crippen molar-refractivity contribution in [1.82, 2.24) is 57.5 Å². The lowest BCUT2D eigenvalue weighted by atomic mass is 10.0. The highest BCUT2D eigenvalue weighted by Gasteiger charge is 2.32. The maximum absolute atomic E-state index is 14.1. The third-order valence-electron chi connectivity index (χ3n) is 11.2. The fraction of sp³-hybridized carbons (Fsp3) is 0.440. The van der Waals surface area contributed by atoms with Gasteiger partial charge < -0.3 is 80.5 Å². The van der Waals surface area contributed by atoms with Crippen LogP contribution in [-0.2, 0) is 62.4 Å². The van der Waals surface area contributed by atoms with E-state index >= 15 is 0 Å². The number of para-hydroxylation sites is 1. The van der Waals surface area contributed by atoms with E-state index in [-0.39, 0.29) is 63.4 Å². The van der Waals surface area contributed by atoms with Crippen molar-refractivity contribution in [1.29, 1.82) is 0 Å². The van der Waals surface area contributed by atoms with E-state index in [1.54, 1.807) is 42.6 Å². The Hall–Kier alpha value is -9.04. The number of aliphatic carboxylic acids is 1. The molecule has 4 aromatic rings. The largest absolute Gasteiger partial charge is 0.480 e. The molecule has 1 saturated heterocycles. The van der Waals surface area contributed by atoms with Crippen LogP contribution in [0.4, 0.5) is 0 Å². The monoisotopic (exact) mass is 1070 g/mol. The standard InChI is InChI=1S/C42H51N11O10.2C4H11N3/c1-24(54)45-21-36(56)49-30-13-14-35(55)44-15-7-12-31(42(62)63)51-40(60)33(17-26-19-46-29-11-6-5-10-28(26)29)50-37(57)22-47-38(58)32(16-25-8-3-2-4-9-25)52-41(61)34(53-39(30)59)18-27-20-43-23-48-27;2*1-2-3-7-4(5)6/h2-6,8-11,19-20,23,30-34,46H,7,12-18,21-22H2,1H3,(H,43,48)(H,44,55)(H,45,54)(H,47,58)(H,49,56)(H,50,57)(H,51,60)(H,52,61)(H,53,59)(H,62,63);2*2-3H2,1H3,(H4,5,6,7)/t30?,31?,32?,33-,34-;;/m0../s1. The molecule has 2 aromatic carbocycles. The summed E-state index contributed by atoms with van der Waals surface area (Å²) in [6, 6.07) is 9.17. The highest BCUT2D eigenvalue weighted by molar-refractivity contribution is 5.97. The summed E-state index contributed by atoms with van der Waals surface area (Å²) in [6.07, 6.45) is 5.64. The zero-order valence-corrected chi connectivity index (χ0v) is 43.5. The summed E-state index contributed by atoms with van der Waals surface area (Å²) in [4.78, 5) is 136. The van der Waals surface area contributed by atoms with E-state index in [0.29, 0.717) is 16.8 Å². The molecule has 3 unspecified atom stereocenters. The molecule has 3 heterocycles. The molecule has 27 nitrogen and oxygen atoms in total. The van der Waals surface area contributed by atoms with E-state index in [1.807, 2.05) is 32.0 Å². The highest BCUT2D eigenvalue weighted by Crippen LogP contribution is 2.19. The van der Waals surface area contributed by atoms with Gasteiger partial charge in [-0.3, -0.25) is 48.3 Å². The number of fused-ring (bicyclic) bond motifs is 1. The molecule has 1 fully saturated rings. The number of carboxylic acids is 1. The van der Waals surface area contributed by atoms with E-state index in [9.17, 15) is 48.3 Å². The minimum absolute atomic E-state index is 0.0178. The molecule has 0 bridgehead atoms. The molecule has 0 spiro atoms. The van der Waals surface area contributed by atoms with Crippen LogP contribution in [0.2, 0.25) is 0 Å². The second-order valence-corrected chi connectivity index (χ2v) is 17.6. The molecule has 0 aliphatic carbocycles. The van der Waals surface area contributed by atoms with E-state index in [1.165, 1.54) is 19.4 Å². The third-order valence-corrected chi connectivity index (χ3v) is 11.2. The van der Waals surface area contributed by atoms with Gasteiger partial charge in [0.05, 0.1) is 19.4 Å². The number of hydrogen-bond acceptors (Lipinski definition) is 12. The summed E-state index contributed by atoms with van der Waals surface area (Å²) in [5.74, 6) is -6.88. The maximum atomic E-state index is 14.1. The summed E-state index contributed by atoms with van der Waals surface area (Å²) in [7, 11) is 0. The van der Waals surface area contributed by atoms with Crippen LogP contribution in [0.15, 0.2) is 83.3 Å². The summed E-state index contributed by atoms with van der Waals surface area (Å²) in [5, 5.41) is 31.2. The molecule has 5 rings (SSSR count). The summed E-state index contributed by atoms with van der Waals surface area (Å²) >= 11 is 0. The fourth-order valence-corrected chi connectivity index (χ4v) is 7.32. The number of nitrogens with two attached hydrogens (primary N) is 4. The van der Waals surface area contributed by atoms with Gasteiger partial charge >= 0.3 is 5.97 Å². The van der Waals surface area contributed by atoms with Crippen molar-refractivity contribution >= 4 is 76.0 Å². The molecule has 8 amide bonds. The number of rotatable bonds is 14. The lowest BCUT2D eigenvalue weighted by Gasteiger charge is -2.25. The molecule has 1 aliphatic rings. The van der Waals surface area contributed by atoms with Gasteiger partial charge in [-0.1, -0.05) is 62.4 Å². The van der Waals surface area contributed by atoms with Crippen molar-refractivity contribution in [3.05, 3.63) is 90.1 Å². The number of amides is 8. The number of aromatic amines is 2. The lowest BCUT2D eigenvalue weighted by Crippen LogP contribution is -2.58. The number of benzene rings is 2. The fourth-order valence-electron chi connectivity index (χ4n) is 7.32. The van der Waals surface area contributed by atoms with E-state index in [0.717, 1.165) is 36.8 Å². The Balaban J connectivity index is 0.000000979. The topological polar surface area (TPSA) is 443 Å². The van der Waals surface area contributed by atoms with Crippen molar-refractivity contribution in [3.8, 4) is 0 Å². The second-order valence-electron chi connectivity index (χ2n) is 17.6. The average molecular weight is 1070 g/mol. The number of nitrogens with zero attached hydrogens (tertiary/aromatic N) is 3. The van der Waals surface area contributed by atoms with E-state index in [2.05, 4.69) is 67.5 Å².